The lowest BCUT2D eigenvalue weighted by Crippen LogP contribution is -2.10. The van der Waals surface area contributed by atoms with Crippen LogP contribution in [0.2, 0.25) is 5.02 Å². The second-order valence-electron chi connectivity index (χ2n) is 2.99. The topological polar surface area (TPSA) is 26.0 Å². The van der Waals surface area contributed by atoms with Crippen molar-refractivity contribution in [1.29, 1.82) is 0 Å². The Labute approximate surface area is 96.4 Å². The fourth-order valence-electron chi connectivity index (χ4n) is 1.23. The van der Waals surface area contributed by atoms with Gasteiger partial charge in [-0.05, 0) is 24.5 Å². The predicted octanol–water partition coefficient (Wildman–Crippen LogP) is 3.73. The Morgan fingerprint density at radius 2 is 2.07 bits per heavy atom. The first-order valence-electron chi connectivity index (χ1n) is 4.36. The second kappa shape index (κ2) is 6.88. The van der Waals surface area contributed by atoms with E-state index in [0.29, 0.717) is 0 Å². The van der Waals surface area contributed by atoms with E-state index in [-0.39, 0.29) is 18.4 Å². The molecule has 14 heavy (non-hydrogen) atoms. The van der Waals surface area contributed by atoms with Crippen LogP contribution in [0.25, 0.3) is 0 Å². The third-order valence-electron chi connectivity index (χ3n) is 1.99. The highest BCUT2D eigenvalue weighted by molar-refractivity contribution is 6.31. The van der Waals surface area contributed by atoms with E-state index >= 15 is 0 Å². The van der Waals surface area contributed by atoms with E-state index in [1.165, 1.54) is 0 Å². The maximum atomic E-state index is 5.99. The van der Waals surface area contributed by atoms with Crippen LogP contribution < -0.4 is 5.73 Å². The van der Waals surface area contributed by atoms with E-state index < -0.39 is 0 Å². The molecule has 1 rings (SSSR count). The molecule has 1 nitrogen and oxygen atoms in total. The Morgan fingerprint density at radius 3 is 2.64 bits per heavy atom. The minimum absolute atomic E-state index is 0. The predicted molar refractivity (Wildman–Crippen MR) is 65.1 cm³/mol. The molecule has 0 amide bonds. The minimum atomic E-state index is 0. The van der Waals surface area contributed by atoms with E-state index in [4.69, 9.17) is 17.3 Å². The highest BCUT2D eigenvalue weighted by atomic mass is 35.5. The summed E-state index contributed by atoms with van der Waals surface area (Å²) in [5, 5.41) is 0.749. The van der Waals surface area contributed by atoms with Crippen LogP contribution in [0, 0.1) is 0 Å². The van der Waals surface area contributed by atoms with Gasteiger partial charge < -0.3 is 5.73 Å². The monoisotopic (exact) mass is 231 g/mol. The lowest BCUT2D eigenvalue weighted by molar-refractivity contribution is 0.662. The van der Waals surface area contributed by atoms with E-state index in [2.05, 4.69) is 6.58 Å². The Bertz CT molecular complexity index is 286. The molecule has 0 heterocycles. The summed E-state index contributed by atoms with van der Waals surface area (Å²) in [6.07, 6.45) is 3.69. The van der Waals surface area contributed by atoms with Gasteiger partial charge in [0, 0.05) is 11.1 Å². The summed E-state index contributed by atoms with van der Waals surface area (Å²) >= 11 is 5.99. The number of allylic oxidation sites excluding steroid dienone is 1. The van der Waals surface area contributed by atoms with Crippen molar-refractivity contribution in [2.24, 2.45) is 5.73 Å². The Morgan fingerprint density at radius 1 is 1.43 bits per heavy atom. The number of hydrogen-bond acceptors (Lipinski definition) is 1. The van der Waals surface area contributed by atoms with Crippen molar-refractivity contribution >= 4 is 24.0 Å². The molecule has 0 saturated carbocycles. The van der Waals surface area contributed by atoms with Crippen LogP contribution in [-0.4, -0.2) is 0 Å². The fraction of sp³-hybridized carbons (Fsp3) is 0.273. The number of hydrogen-bond donors (Lipinski definition) is 1. The van der Waals surface area contributed by atoms with E-state index in [0.717, 1.165) is 23.4 Å². The zero-order valence-corrected chi connectivity index (χ0v) is 9.52. The Kier molecular flexibility index (Phi) is 6.64. The maximum Gasteiger partial charge on any atom is 0.0453 e. The van der Waals surface area contributed by atoms with Gasteiger partial charge in [0.1, 0.15) is 0 Å². The van der Waals surface area contributed by atoms with Crippen molar-refractivity contribution in [3.8, 4) is 0 Å². The van der Waals surface area contributed by atoms with Gasteiger partial charge in [0.2, 0.25) is 0 Å². The molecule has 1 atom stereocenters. The summed E-state index contributed by atoms with van der Waals surface area (Å²) in [6.45, 7) is 3.66. The highest BCUT2D eigenvalue weighted by Gasteiger charge is 2.07. The summed E-state index contributed by atoms with van der Waals surface area (Å²) in [5.41, 5.74) is 6.97. The molecule has 0 bridgehead atoms. The molecule has 1 aromatic rings. The van der Waals surface area contributed by atoms with Crippen LogP contribution in [0.4, 0.5) is 0 Å². The van der Waals surface area contributed by atoms with Crippen LogP contribution in [-0.2, 0) is 0 Å². The number of halogens is 2. The summed E-state index contributed by atoms with van der Waals surface area (Å²) < 4.78 is 0. The molecule has 3 heteroatoms. The molecule has 0 unspecified atom stereocenters. The quantitative estimate of drug-likeness (QED) is 0.786. The van der Waals surface area contributed by atoms with Crippen LogP contribution in [0.15, 0.2) is 36.9 Å². The van der Waals surface area contributed by atoms with Crippen molar-refractivity contribution < 1.29 is 0 Å². The van der Waals surface area contributed by atoms with Crippen LogP contribution >= 0.6 is 24.0 Å². The second-order valence-corrected chi connectivity index (χ2v) is 3.40. The van der Waals surface area contributed by atoms with E-state index in [1.807, 2.05) is 30.3 Å². The van der Waals surface area contributed by atoms with Gasteiger partial charge in [0.15, 0.2) is 0 Å². The molecular weight excluding hydrogens is 217 g/mol. The van der Waals surface area contributed by atoms with Gasteiger partial charge in [-0.1, -0.05) is 35.9 Å². The molecule has 0 aliphatic rings. The molecule has 0 saturated heterocycles. The molecule has 0 aromatic heterocycles. The molecule has 1 aromatic carbocycles. The zero-order valence-electron chi connectivity index (χ0n) is 7.95. The van der Waals surface area contributed by atoms with Crippen molar-refractivity contribution in [3.63, 3.8) is 0 Å². The fourth-order valence-corrected chi connectivity index (χ4v) is 1.50. The Hall–Kier alpha value is -0.500. The normalized spacial score (nSPS) is 11.6. The lowest BCUT2D eigenvalue weighted by Gasteiger charge is -2.11. The van der Waals surface area contributed by atoms with E-state index in [9.17, 15) is 0 Å². The molecule has 78 valence electrons. The zero-order chi connectivity index (χ0) is 9.68. The standard InChI is InChI=1S/C11H14ClN.ClH/c1-2-3-8-11(13)9-6-4-5-7-10(9)12;/h2,4-7,11H,1,3,8,13H2;1H/t11-;/m0./s1. The molecule has 0 spiro atoms. The van der Waals surface area contributed by atoms with Crippen molar-refractivity contribution in [2.75, 3.05) is 0 Å². The highest BCUT2D eigenvalue weighted by Crippen LogP contribution is 2.23. The molecule has 2 N–H and O–H groups in total. The van der Waals surface area contributed by atoms with Gasteiger partial charge >= 0.3 is 0 Å². The SMILES string of the molecule is C=CCC[C@H](N)c1ccccc1Cl.Cl. The van der Waals surface area contributed by atoms with Gasteiger partial charge in [-0.25, -0.2) is 0 Å². The van der Waals surface area contributed by atoms with Crippen molar-refractivity contribution in [2.45, 2.75) is 18.9 Å². The van der Waals surface area contributed by atoms with Gasteiger partial charge in [0.05, 0.1) is 0 Å². The van der Waals surface area contributed by atoms with Crippen LogP contribution in [0.1, 0.15) is 24.4 Å². The summed E-state index contributed by atoms with van der Waals surface area (Å²) in [6, 6.07) is 7.72. The first-order valence-corrected chi connectivity index (χ1v) is 4.74. The van der Waals surface area contributed by atoms with Crippen LogP contribution in [0.3, 0.4) is 0 Å². The molecular formula is C11H15Cl2N. The summed E-state index contributed by atoms with van der Waals surface area (Å²) in [4.78, 5) is 0. The van der Waals surface area contributed by atoms with Crippen LogP contribution in [0.5, 0.6) is 0 Å². The molecule has 0 radical (unpaired) electrons. The van der Waals surface area contributed by atoms with Gasteiger partial charge in [0.25, 0.3) is 0 Å². The molecule has 0 aliphatic carbocycles. The van der Waals surface area contributed by atoms with Gasteiger partial charge in [-0.3, -0.25) is 0 Å². The third kappa shape index (κ3) is 3.70. The minimum Gasteiger partial charge on any atom is -0.324 e. The van der Waals surface area contributed by atoms with Crippen molar-refractivity contribution in [3.05, 3.63) is 47.5 Å². The summed E-state index contributed by atoms with van der Waals surface area (Å²) in [5.74, 6) is 0. The average molecular weight is 232 g/mol. The average Bonchev–Trinajstić information content (AvgIpc) is 2.15. The molecule has 0 fully saturated rings. The first kappa shape index (κ1) is 13.5. The first-order chi connectivity index (χ1) is 6.25. The molecule has 0 aliphatic heterocycles. The number of nitrogens with two attached hydrogens (primary N) is 1. The van der Waals surface area contributed by atoms with Gasteiger partial charge in [-0.15, -0.1) is 19.0 Å². The third-order valence-corrected chi connectivity index (χ3v) is 2.33. The summed E-state index contributed by atoms with van der Waals surface area (Å²) in [7, 11) is 0. The Balaban J connectivity index is 0.00000169. The van der Waals surface area contributed by atoms with E-state index in [1.54, 1.807) is 0 Å². The maximum absolute atomic E-state index is 5.99. The van der Waals surface area contributed by atoms with Crippen molar-refractivity contribution in [1.82, 2.24) is 0 Å². The lowest BCUT2D eigenvalue weighted by atomic mass is 10.0. The largest absolute Gasteiger partial charge is 0.324 e. The smallest absolute Gasteiger partial charge is 0.0453 e. The number of benzene rings is 1. The van der Waals surface area contributed by atoms with Gasteiger partial charge in [-0.2, -0.15) is 0 Å². The number of rotatable bonds is 4.